The van der Waals surface area contributed by atoms with Crippen molar-refractivity contribution < 1.29 is 13.7 Å². The molecule has 0 unspecified atom stereocenters. The Morgan fingerprint density at radius 2 is 1.97 bits per heavy atom. The Morgan fingerprint density at radius 1 is 1.27 bits per heavy atom. The van der Waals surface area contributed by atoms with Gasteiger partial charge in [0.2, 0.25) is 0 Å². The van der Waals surface area contributed by atoms with E-state index in [9.17, 15) is 9.00 Å². The molecule has 1 atom stereocenters. The Bertz CT molecular complexity index is 963. The molecule has 2 amide bonds. The Hall–Kier alpha value is -2.39. The Labute approximate surface area is 178 Å². The molecule has 1 aromatic carbocycles. The van der Waals surface area contributed by atoms with E-state index in [4.69, 9.17) is 10.5 Å². The fourth-order valence-corrected chi connectivity index (χ4v) is 5.12. The minimum Gasteiger partial charge on any atom is -0.479 e. The van der Waals surface area contributed by atoms with Gasteiger partial charge in [-0.3, -0.25) is 4.99 Å². The summed E-state index contributed by atoms with van der Waals surface area (Å²) in [7, 11) is -0.143. The molecule has 30 heavy (non-hydrogen) atoms. The van der Waals surface area contributed by atoms with Crippen LogP contribution in [0.4, 0.5) is 10.5 Å². The number of anilines is 1. The lowest BCUT2D eigenvalue weighted by atomic mass is 9.99. The molecule has 3 aliphatic rings. The van der Waals surface area contributed by atoms with Crippen molar-refractivity contribution in [2.45, 2.75) is 51.0 Å². The second kappa shape index (κ2) is 9.18. The van der Waals surface area contributed by atoms with Crippen LogP contribution in [0.1, 0.15) is 41.5 Å². The molecule has 9 heteroatoms. The minimum absolute atomic E-state index is 0.116. The maximum atomic E-state index is 12.8. The van der Waals surface area contributed by atoms with Crippen LogP contribution >= 0.6 is 0 Å². The summed E-state index contributed by atoms with van der Waals surface area (Å²) in [6, 6.07) is 1.84. The van der Waals surface area contributed by atoms with E-state index in [2.05, 4.69) is 26.1 Å². The summed E-state index contributed by atoms with van der Waals surface area (Å²) in [6.45, 7) is 0.905. The molecule has 1 heterocycles. The Kier molecular flexibility index (Phi) is 6.38. The van der Waals surface area contributed by atoms with E-state index in [-0.39, 0.29) is 16.8 Å². The van der Waals surface area contributed by atoms with E-state index in [0.29, 0.717) is 13.2 Å². The first-order chi connectivity index (χ1) is 14.6. The van der Waals surface area contributed by atoms with Gasteiger partial charge in [0.25, 0.3) is 0 Å². The van der Waals surface area contributed by atoms with Crippen molar-refractivity contribution in [3.05, 3.63) is 39.4 Å². The summed E-state index contributed by atoms with van der Waals surface area (Å²) >= 11 is 0. The summed E-state index contributed by atoms with van der Waals surface area (Å²) < 4.78 is 22.2. The van der Waals surface area contributed by atoms with Crippen LogP contribution in [0.3, 0.4) is 0 Å². The van der Waals surface area contributed by atoms with Crippen LogP contribution in [-0.2, 0) is 45.2 Å². The molecule has 0 fully saturated rings. The number of ether oxygens (including phenoxy) is 1. The SMILES string of the molecule is CN[C@H]1CCOC(C(=CN)[S-](=O)=NC(=O)Nc2c3c(cc4c2CCC4)CCC3)=NC1. The van der Waals surface area contributed by atoms with Gasteiger partial charge in [-0.2, -0.15) is 0 Å². The summed E-state index contributed by atoms with van der Waals surface area (Å²) in [6.07, 6.45) is 8.10. The molecule has 162 valence electrons. The van der Waals surface area contributed by atoms with E-state index in [0.717, 1.165) is 56.8 Å². The van der Waals surface area contributed by atoms with Gasteiger partial charge in [0.1, 0.15) is 0 Å². The summed E-state index contributed by atoms with van der Waals surface area (Å²) in [5.41, 5.74) is 11.6. The first kappa shape index (κ1) is 20.9. The zero-order chi connectivity index (χ0) is 21.1. The molecule has 0 radical (unpaired) electrons. The molecule has 4 N–H and O–H groups in total. The van der Waals surface area contributed by atoms with E-state index in [1.54, 1.807) is 0 Å². The van der Waals surface area contributed by atoms with Crippen LogP contribution in [0.25, 0.3) is 0 Å². The topological polar surface area (TPSA) is 118 Å². The number of aryl methyl sites for hydroxylation is 2. The third-order valence-electron chi connectivity index (χ3n) is 5.99. The predicted octanol–water partition coefficient (Wildman–Crippen LogP) is 2.55. The number of nitrogens with one attached hydrogen (secondary N) is 2. The second-order valence-corrected chi connectivity index (χ2v) is 8.92. The van der Waals surface area contributed by atoms with Crippen molar-refractivity contribution in [3.63, 3.8) is 0 Å². The number of nitrogens with two attached hydrogens (primary N) is 1. The monoisotopic (exact) mass is 430 g/mol. The van der Waals surface area contributed by atoms with Crippen molar-refractivity contribution in [3.8, 4) is 0 Å². The number of rotatable bonds is 4. The number of nitrogens with zero attached hydrogens (tertiary/aromatic N) is 2. The molecular weight excluding hydrogens is 402 g/mol. The average molecular weight is 431 g/mol. The number of benzene rings is 1. The van der Waals surface area contributed by atoms with E-state index in [1.807, 2.05) is 7.05 Å². The molecule has 0 spiro atoms. The zero-order valence-electron chi connectivity index (χ0n) is 17.2. The van der Waals surface area contributed by atoms with Gasteiger partial charge in [-0.05, 0) is 85.4 Å². The number of hydrogen-bond donors (Lipinski definition) is 3. The number of carbonyl (C=O) groups is 1. The summed E-state index contributed by atoms with van der Waals surface area (Å²) in [5, 5.41) is 6.08. The summed E-state index contributed by atoms with van der Waals surface area (Å²) in [4.78, 5) is 17.1. The highest BCUT2D eigenvalue weighted by molar-refractivity contribution is 7.80. The fraction of sp³-hybridized carbons (Fsp3) is 0.524. The second-order valence-electron chi connectivity index (χ2n) is 7.80. The van der Waals surface area contributed by atoms with Gasteiger partial charge >= 0.3 is 6.03 Å². The first-order valence-corrected chi connectivity index (χ1v) is 11.6. The van der Waals surface area contributed by atoms with Gasteiger partial charge < -0.3 is 29.7 Å². The van der Waals surface area contributed by atoms with Crippen molar-refractivity contribution in [1.29, 1.82) is 0 Å². The van der Waals surface area contributed by atoms with E-state index >= 15 is 0 Å². The summed E-state index contributed by atoms with van der Waals surface area (Å²) in [5.74, 6) is 0.187. The highest BCUT2D eigenvalue weighted by atomic mass is 32.2. The van der Waals surface area contributed by atoms with Crippen LogP contribution in [0.15, 0.2) is 26.5 Å². The maximum Gasteiger partial charge on any atom is 0.322 e. The molecule has 4 rings (SSSR count). The number of aliphatic imine (C=N–C) groups is 1. The van der Waals surface area contributed by atoms with Crippen LogP contribution < -0.4 is 16.4 Å². The Balaban J connectivity index is 1.55. The van der Waals surface area contributed by atoms with Crippen LogP contribution in [0.2, 0.25) is 0 Å². The molecular formula is C21H28N5O3S-. The molecule has 0 saturated heterocycles. The largest absolute Gasteiger partial charge is 0.479 e. The third kappa shape index (κ3) is 4.22. The van der Waals surface area contributed by atoms with Crippen molar-refractivity contribution in [2.24, 2.45) is 15.1 Å². The molecule has 0 bridgehead atoms. The highest BCUT2D eigenvalue weighted by Gasteiger charge is 2.24. The molecule has 0 saturated carbocycles. The number of amides is 2. The number of carbonyl (C=O) groups excluding carboxylic acids is 1. The minimum atomic E-state index is -2.00. The molecule has 0 aromatic heterocycles. The lowest BCUT2D eigenvalue weighted by Crippen LogP contribution is -2.28. The van der Waals surface area contributed by atoms with Crippen LogP contribution in [0, 0.1) is 0 Å². The fourth-order valence-electron chi connectivity index (χ4n) is 4.44. The van der Waals surface area contributed by atoms with E-state index in [1.165, 1.54) is 22.3 Å². The van der Waals surface area contributed by atoms with Gasteiger partial charge in [0.15, 0.2) is 5.90 Å². The van der Waals surface area contributed by atoms with E-state index < -0.39 is 16.6 Å². The van der Waals surface area contributed by atoms with Gasteiger partial charge in [-0.1, -0.05) is 6.07 Å². The number of hydrogen-bond acceptors (Lipinski definition) is 7. The van der Waals surface area contributed by atoms with Crippen molar-refractivity contribution in [2.75, 3.05) is 25.5 Å². The van der Waals surface area contributed by atoms with Gasteiger partial charge in [-0.15, -0.1) is 10.6 Å². The molecule has 8 nitrogen and oxygen atoms in total. The smallest absolute Gasteiger partial charge is 0.322 e. The van der Waals surface area contributed by atoms with Gasteiger partial charge in [0, 0.05) is 11.7 Å². The average Bonchev–Trinajstić information content (AvgIpc) is 3.33. The Morgan fingerprint density at radius 3 is 2.60 bits per heavy atom. The molecule has 2 aliphatic carbocycles. The molecule has 1 aliphatic heterocycles. The first-order valence-electron chi connectivity index (χ1n) is 10.5. The van der Waals surface area contributed by atoms with Crippen LogP contribution in [-0.4, -0.2) is 38.2 Å². The maximum absolute atomic E-state index is 12.8. The lowest BCUT2D eigenvalue weighted by molar-refractivity contribution is 0.260. The quantitative estimate of drug-likeness (QED) is 0.635. The number of urea groups is 1. The zero-order valence-corrected chi connectivity index (χ0v) is 18.0. The van der Waals surface area contributed by atoms with Gasteiger partial charge in [-0.25, -0.2) is 4.79 Å². The number of likely N-dealkylation sites (N-methyl/N-ethyl adjacent to an activating group) is 1. The van der Waals surface area contributed by atoms with Crippen molar-refractivity contribution in [1.82, 2.24) is 5.32 Å². The normalized spacial score (nSPS) is 22.0. The molecule has 1 aromatic rings. The predicted molar refractivity (Wildman–Crippen MR) is 118 cm³/mol. The standard InChI is InChI=1S/C21H28N5O3S/c1-23-15-8-9-29-20(24-12-15)18(11-22)30(28)26-21(27)25-19-16-6-2-4-13(16)10-14-5-3-7-17(14)19/h10-11,15,23H,2-9,12,22H2,1H3,(H,25,27)/q-1/t15-/m0/s1. The van der Waals surface area contributed by atoms with Crippen LogP contribution in [0.5, 0.6) is 0 Å². The highest BCUT2D eigenvalue weighted by Crippen LogP contribution is 2.38. The van der Waals surface area contributed by atoms with Crippen molar-refractivity contribution >= 4 is 28.2 Å². The third-order valence-corrected chi connectivity index (χ3v) is 7.01. The van der Waals surface area contributed by atoms with Gasteiger partial charge in [0.05, 0.1) is 13.2 Å². The lowest BCUT2D eigenvalue weighted by Gasteiger charge is -2.16. The number of fused-ring (bicyclic) bond motifs is 2.